The molecule has 1 aliphatic rings. The summed E-state index contributed by atoms with van der Waals surface area (Å²) in [6, 6.07) is 6.07. The second-order valence-electron chi connectivity index (χ2n) is 9.99. The van der Waals surface area contributed by atoms with Crippen LogP contribution in [-0.2, 0) is 30.3 Å². The van der Waals surface area contributed by atoms with Crippen molar-refractivity contribution < 1.29 is 23.9 Å². The van der Waals surface area contributed by atoms with Gasteiger partial charge in [-0.3, -0.25) is 14.4 Å². The smallest absolute Gasteiger partial charge is 0.329 e. The third-order valence-electron chi connectivity index (χ3n) is 7.03. The Morgan fingerprint density at radius 1 is 1.03 bits per heavy atom. The van der Waals surface area contributed by atoms with Gasteiger partial charge in [-0.25, -0.2) is 4.79 Å². The van der Waals surface area contributed by atoms with Crippen molar-refractivity contribution in [1.82, 2.24) is 16.0 Å². The number of esters is 1. The Hall–Kier alpha value is -3.41. The van der Waals surface area contributed by atoms with Crippen LogP contribution in [0.4, 0.5) is 0 Å². The summed E-state index contributed by atoms with van der Waals surface area (Å²) < 4.78 is 5.87. The summed E-state index contributed by atoms with van der Waals surface area (Å²) in [6.45, 7) is 9.27. The Morgan fingerprint density at radius 2 is 1.73 bits per heavy atom. The quantitative estimate of drug-likeness (QED) is 0.458. The SMILES string of the molecule is CCCC[C@H](C)[C@H]1CC(=O)N[C@H](Cc2ccccc2C#N)C(=O)N[C@@H](C)C(=O)N[C@@H]([C@H](C)CC)C(=O)O1. The minimum absolute atomic E-state index is 0.0704. The first-order valence-corrected chi connectivity index (χ1v) is 13.2. The topological polar surface area (TPSA) is 137 Å². The molecule has 6 atom stereocenters. The highest BCUT2D eigenvalue weighted by atomic mass is 16.5. The van der Waals surface area contributed by atoms with Gasteiger partial charge in [0.25, 0.3) is 0 Å². The molecule has 0 saturated carbocycles. The number of nitrogens with one attached hydrogen (secondary N) is 3. The van der Waals surface area contributed by atoms with Gasteiger partial charge in [0.05, 0.1) is 18.1 Å². The summed E-state index contributed by atoms with van der Waals surface area (Å²) in [5, 5.41) is 17.6. The van der Waals surface area contributed by atoms with Crippen LogP contribution in [0.15, 0.2) is 24.3 Å². The van der Waals surface area contributed by atoms with Crippen molar-refractivity contribution in [3.63, 3.8) is 0 Å². The molecule has 1 fully saturated rings. The third-order valence-corrected chi connectivity index (χ3v) is 7.03. The van der Waals surface area contributed by atoms with Crippen LogP contribution < -0.4 is 16.0 Å². The van der Waals surface area contributed by atoms with E-state index in [2.05, 4.69) is 28.9 Å². The number of carbonyl (C=O) groups is 4. The molecule has 202 valence electrons. The van der Waals surface area contributed by atoms with Gasteiger partial charge in [-0.2, -0.15) is 5.26 Å². The van der Waals surface area contributed by atoms with E-state index in [0.717, 1.165) is 19.3 Å². The van der Waals surface area contributed by atoms with Gasteiger partial charge in [-0.15, -0.1) is 0 Å². The van der Waals surface area contributed by atoms with Gasteiger partial charge in [0.2, 0.25) is 17.7 Å². The molecule has 0 radical (unpaired) electrons. The minimum atomic E-state index is -1.02. The van der Waals surface area contributed by atoms with Crippen LogP contribution in [0.1, 0.15) is 77.8 Å². The highest BCUT2D eigenvalue weighted by molar-refractivity contribution is 5.94. The van der Waals surface area contributed by atoms with E-state index in [1.165, 1.54) is 6.92 Å². The Morgan fingerprint density at radius 3 is 2.38 bits per heavy atom. The van der Waals surface area contributed by atoms with Crippen LogP contribution in [-0.4, -0.2) is 47.9 Å². The largest absolute Gasteiger partial charge is 0.460 e. The maximum atomic E-state index is 13.2. The van der Waals surface area contributed by atoms with Crippen LogP contribution >= 0.6 is 0 Å². The molecule has 0 aromatic heterocycles. The average molecular weight is 513 g/mol. The lowest BCUT2D eigenvalue weighted by Crippen LogP contribution is -2.55. The summed E-state index contributed by atoms with van der Waals surface area (Å²) in [6.07, 6.45) is 2.50. The zero-order valence-electron chi connectivity index (χ0n) is 22.5. The number of amides is 3. The number of nitriles is 1. The van der Waals surface area contributed by atoms with Crippen LogP contribution in [0.2, 0.25) is 0 Å². The van der Waals surface area contributed by atoms with E-state index < -0.39 is 47.9 Å². The van der Waals surface area contributed by atoms with Crippen molar-refractivity contribution in [2.24, 2.45) is 11.8 Å². The molecule has 3 amide bonds. The van der Waals surface area contributed by atoms with Crippen LogP contribution in [0.25, 0.3) is 0 Å². The fourth-order valence-corrected chi connectivity index (χ4v) is 4.29. The lowest BCUT2D eigenvalue weighted by Gasteiger charge is -2.29. The van der Waals surface area contributed by atoms with E-state index in [0.29, 0.717) is 17.5 Å². The van der Waals surface area contributed by atoms with E-state index in [4.69, 9.17) is 4.74 Å². The van der Waals surface area contributed by atoms with Gasteiger partial charge >= 0.3 is 5.97 Å². The molecule has 1 heterocycles. The fourth-order valence-electron chi connectivity index (χ4n) is 4.29. The van der Waals surface area contributed by atoms with Crippen molar-refractivity contribution in [1.29, 1.82) is 5.26 Å². The van der Waals surface area contributed by atoms with Gasteiger partial charge in [-0.05, 0) is 36.8 Å². The Balaban J connectivity index is 2.42. The van der Waals surface area contributed by atoms with E-state index in [9.17, 15) is 24.4 Å². The summed E-state index contributed by atoms with van der Waals surface area (Å²) >= 11 is 0. The average Bonchev–Trinajstić information content (AvgIpc) is 2.88. The van der Waals surface area contributed by atoms with Gasteiger partial charge in [0.1, 0.15) is 24.2 Å². The van der Waals surface area contributed by atoms with E-state index in [-0.39, 0.29) is 24.7 Å². The molecular formula is C28H40N4O5. The molecule has 1 saturated heterocycles. The second kappa shape index (κ2) is 14.4. The van der Waals surface area contributed by atoms with Gasteiger partial charge in [-0.1, -0.05) is 65.2 Å². The Bertz CT molecular complexity index is 1000. The van der Waals surface area contributed by atoms with Crippen LogP contribution in [0.3, 0.4) is 0 Å². The van der Waals surface area contributed by atoms with Gasteiger partial charge in [0, 0.05) is 6.42 Å². The number of carbonyl (C=O) groups excluding carboxylic acids is 4. The summed E-state index contributed by atoms with van der Waals surface area (Å²) in [7, 11) is 0. The van der Waals surface area contributed by atoms with Crippen molar-refractivity contribution >= 4 is 23.7 Å². The number of ether oxygens (including phenoxy) is 1. The zero-order chi connectivity index (χ0) is 27.5. The molecule has 3 N–H and O–H groups in total. The van der Waals surface area contributed by atoms with Crippen molar-refractivity contribution in [2.75, 3.05) is 0 Å². The standard InChI is InChI=1S/C28H40N4O5/c1-6-8-11-18(4)23-15-24(33)31-22(14-20-12-9-10-13-21(20)16-29)27(35)30-19(5)26(34)32-25(17(3)7-2)28(36)37-23/h9-10,12-13,17-19,22-23,25H,6-8,11,14-15H2,1-5H3,(H,30,35)(H,31,33)(H,32,34)/t17-,18+,19+,22-,23-,25+/m1/s1. The normalized spacial score (nSPS) is 25.1. The molecule has 0 bridgehead atoms. The number of benzene rings is 1. The summed E-state index contributed by atoms with van der Waals surface area (Å²) in [5.41, 5.74) is 0.998. The molecule has 1 aromatic rings. The van der Waals surface area contributed by atoms with Crippen molar-refractivity contribution in [3.8, 4) is 6.07 Å². The van der Waals surface area contributed by atoms with Gasteiger partial charge < -0.3 is 20.7 Å². The lowest BCUT2D eigenvalue weighted by atomic mass is 9.94. The highest BCUT2D eigenvalue weighted by Gasteiger charge is 2.35. The molecule has 1 aliphatic heterocycles. The van der Waals surface area contributed by atoms with Gasteiger partial charge in [0.15, 0.2) is 0 Å². The predicted octanol–water partition coefficient (Wildman–Crippen LogP) is 2.76. The Labute approximate surface area is 219 Å². The molecule has 9 heteroatoms. The number of unbranched alkanes of at least 4 members (excludes halogenated alkanes) is 1. The first kappa shape index (κ1) is 29.8. The molecule has 37 heavy (non-hydrogen) atoms. The van der Waals surface area contributed by atoms with E-state index in [1.54, 1.807) is 24.3 Å². The predicted molar refractivity (Wildman–Crippen MR) is 139 cm³/mol. The maximum Gasteiger partial charge on any atom is 0.329 e. The molecule has 0 spiro atoms. The van der Waals surface area contributed by atoms with E-state index in [1.807, 2.05) is 20.8 Å². The molecule has 1 aromatic carbocycles. The summed E-state index contributed by atoms with van der Waals surface area (Å²) in [4.78, 5) is 52.6. The number of rotatable bonds is 8. The third kappa shape index (κ3) is 8.59. The zero-order valence-corrected chi connectivity index (χ0v) is 22.5. The Kier molecular flexibility index (Phi) is 11.6. The second-order valence-corrected chi connectivity index (χ2v) is 9.99. The molecular weight excluding hydrogens is 472 g/mol. The van der Waals surface area contributed by atoms with E-state index >= 15 is 0 Å². The monoisotopic (exact) mass is 512 g/mol. The lowest BCUT2D eigenvalue weighted by molar-refractivity contribution is -0.158. The fraction of sp³-hybridized carbons (Fsp3) is 0.607. The van der Waals surface area contributed by atoms with Crippen molar-refractivity contribution in [2.45, 2.75) is 97.4 Å². The number of cyclic esters (lactones) is 1. The first-order valence-electron chi connectivity index (χ1n) is 13.2. The van der Waals surface area contributed by atoms with Crippen molar-refractivity contribution in [3.05, 3.63) is 35.4 Å². The highest BCUT2D eigenvalue weighted by Crippen LogP contribution is 2.21. The molecule has 0 aliphatic carbocycles. The molecule has 2 rings (SSSR count). The summed E-state index contributed by atoms with van der Waals surface area (Å²) in [5.74, 6) is -2.40. The maximum absolute atomic E-state index is 13.2. The minimum Gasteiger partial charge on any atom is -0.460 e. The molecule has 0 unspecified atom stereocenters. The molecule has 9 nitrogen and oxygen atoms in total. The van der Waals surface area contributed by atoms with Crippen LogP contribution in [0.5, 0.6) is 0 Å². The first-order chi connectivity index (χ1) is 17.6. The van der Waals surface area contributed by atoms with Crippen LogP contribution in [0, 0.1) is 23.2 Å². The number of hydrogen-bond acceptors (Lipinski definition) is 6. The number of nitrogens with zero attached hydrogens (tertiary/aromatic N) is 1. The number of hydrogen-bond donors (Lipinski definition) is 3.